The molecular weight excluding hydrogens is 371 g/mol. The summed E-state index contributed by atoms with van der Waals surface area (Å²) in [6.45, 7) is 4.52. The van der Waals surface area contributed by atoms with E-state index in [1.807, 2.05) is 54.6 Å². The van der Waals surface area contributed by atoms with Crippen molar-refractivity contribution in [2.45, 2.75) is 44.9 Å². The molecule has 0 spiro atoms. The van der Waals surface area contributed by atoms with Crippen molar-refractivity contribution in [2.24, 2.45) is 0 Å². The van der Waals surface area contributed by atoms with Gasteiger partial charge in [-0.05, 0) is 78.6 Å². The molecule has 146 valence electrons. The minimum Gasteiger partial charge on any atom is -0.454 e. The summed E-state index contributed by atoms with van der Waals surface area (Å²) < 4.78 is 19.9. The molecule has 28 heavy (non-hydrogen) atoms. The Morgan fingerprint density at radius 3 is 2.36 bits per heavy atom. The Morgan fingerprint density at radius 2 is 1.68 bits per heavy atom. The van der Waals surface area contributed by atoms with E-state index >= 15 is 0 Å². The van der Waals surface area contributed by atoms with Crippen LogP contribution in [0.1, 0.15) is 44.2 Å². The Bertz CT molecular complexity index is 892. The van der Waals surface area contributed by atoms with Crippen LogP contribution in [0.15, 0.2) is 72.8 Å². The molecule has 0 saturated carbocycles. The predicted molar refractivity (Wildman–Crippen MR) is 115 cm³/mol. The van der Waals surface area contributed by atoms with Gasteiger partial charge in [-0.15, -0.1) is 0 Å². The monoisotopic (exact) mass is 396 g/mol. The van der Waals surface area contributed by atoms with Gasteiger partial charge in [-0.1, -0.05) is 61.8 Å². The summed E-state index contributed by atoms with van der Waals surface area (Å²) in [5.74, 6) is 0.576. The molecule has 0 amide bonds. The second-order valence-electron chi connectivity index (χ2n) is 7.45. The minimum atomic E-state index is -0.341. The third kappa shape index (κ3) is 5.14. The first-order valence-corrected chi connectivity index (χ1v) is 10.2. The molecule has 0 aliphatic heterocycles. The molecule has 0 bridgehead atoms. The lowest BCUT2D eigenvalue weighted by molar-refractivity contribution is 0.405. The number of hydrogen-bond donors (Lipinski definition) is 0. The summed E-state index contributed by atoms with van der Waals surface area (Å²) in [5.41, 5.74) is 2.50. The number of halogens is 2. The highest BCUT2D eigenvalue weighted by Gasteiger charge is 2.24. The van der Waals surface area contributed by atoms with Crippen molar-refractivity contribution >= 4 is 11.6 Å². The number of ether oxygens (including phenoxy) is 1. The molecule has 0 aromatic heterocycles. The Morgan fingerprint density at radius 1 is 0.964 bits per heavy atom. The van der Waals surface area contributed by atoms with Crippen LogP contribution in [0.2, 0.25) is 5.02 Å². The summed E-state index contributed by atoms with van der Waals surface area (Å²) in [6.07, 6.45) is 4.01. The largest absolute Gasteiger partial charge is 0.454 e. The summed E-state index contributed by atoms with van der Waals surface area (Å²) in [5, 5.41) is 0.763. The zero-order chi connectivity index (χ0) is 20.0. The smallest absolute Gasteiger partial charge is 0.165 e. The van der Waals surface area contributed by atoms with Gasteiger partial charge in [-0.2, -0.15) is 0 Å². The first-order valence-electron chi connectivity index (χ1n) is 9.77. The van der Waals surface area contributed by atoms with Crippen LogP contribution < -0.4 is 4.74 Å². The highest BCUT2D eigenvalue weighted by molar-refractivity contribution is 6.30. The minimum absolute atomic E-state index is 0.105. The lowest BCUT2D eigenvalue weighted by atomic mass is 9.76. The van der Waals surface area contributed by atoms with E-state index in [-0.39, 0.29) is 17.0 Å². The van der Waals surface area contributed by atoms with E-state index in [4.69, 9.17) is 16.3 Å². The fourth-order valence-electron chi connectivity index (χ4n) is 3.46. The van der Waals surface area contributed by atoms with Crippen LogP contribution in [-0.4, -0.2) is 0 Å². The van der Waals surface area contributed by atoms with Crippen LogP contribution in [0, 0.1) is 5.82 Å². The maximum atomic E-state index is 14.1. The number of para-hydroxylation sites is 1. The van der Waals surface area contributed by atoms with Crippen LogP contribution in [0.4, 0.5) is 4.39 Å². The van der Waals surface area contributed by atoms with Crippen molar-refractivity contribution in [2.75, 3.05) is 0 Å². The summed E-state index contributed by atoms with van der Waals surface area (Å²) in [7, 11) is 0. The Balaban J connectivity index is 1.65. The van der Waals surface area contributed by atoms with Crippen LogP contribution in [0.3, 0.4) is 0 Å². The van der Waals surface area contributed by atoms with E-state index in [9.17, 15) is 4.39 Å². The standard InChI is InChI=1S/C25H26ClFO/c1-3-25(2,20-12-14-21(26)15-13-20)17-7-8-19-11-16-23(27)24(18-19)28-22-9-5-4-6-10-22/h4-6,9-16,18H,3,7-8,17H2,1-2H3. The van der Waals surface area contributed by atoms with E-state index in [2.05, 4.69) is 26.0 Å². The normalized spacial score (nSPS) is 13.1. The topological polar surface area (TPSA) is 9.23 Å². The Hall–Kier alpha value is -2.32. The fraction of sp³-hybridized carbons (Fsp3) is 0.280. The molecule has 1 nitrogen and oxygen atoms in total. The average molecular weight is 397 g/mol. The fourth-order valence-corrected chi connectivity index (χ4v) is 3.58. The van der Waals surface area contributed by atoms with Gasteiger partial charge in [0.25, 0.3) is 0 Å². The third-order valence-corrected chi connectivity index (χ3v) is 5.73. The number of aryl methyl sites for hydroxylation is 1. The third-order valence-electron chi connectivity index (χ3n) is 5.48. The van der Waals surface area contributed by atoms with Crippen molar-refractivity contribution in [3.8, 4) is 11.5 Å². The number of hydrogen-bond acceptors (Lipinski definition) is 1. The zero-order valence-corrected chi connectivity index (χ0v) is 17.2. The van der Waals surface area contributed by atoms with Gasteiger partial charge < -0.3 is 4.74 Å². The molecule has 3 rings (SSSR count). The van der Waals surface area contributed by atoms with Gasteiger partial charge in [-0.25, -0.2) is 4.39 Å². The average Bonchev–Trinajstić information content (AvgIpc) is 2.71. The molecule has 0 aliphatic carbocycles. The molecule has 3 aromatic rings. The summed E-state index contributed by atoms with van der Waals surface area (Å²) in [4.78, 5) is 0. The van der Waals surface area contributed by atoms with E-state index in [1.54, 1.807) is 0 Å². The van der Waals surface area contributed by atoms with Gasteiger partial charge in [0.1, 0.15) is 5.75 Å². The van der Waals surface area contributed by atoms with E-state index in [0.717, 1.165) is 36.3 Å². The predicted octanol–water partition coefficient (Wildman–Crippen LogP) is 7.96. The van der Waals surface area contributed by atoms with Crippen molar-refractivity contribution < 1.29 is 9.13 Å². The molecular formula is C25H26ClFO. The Labute approximate surface area is 172 Å². The quantitative estimate of drug-likeness (QED) is 0.375. The SMILES string of the molecule is CCC(C)(CCCc1ccc(F)c(Oc2ccccc2)c1)c1ccc(Cl)cc1. The van der Waals surface area contributed by atoms with Crippen LogP contribution in [0.5, 0.6) is 11.5 Å². The van der Waals surface area contributed by atoms with Gasteiger partial charge in [0, 0.05) is 5.02 Å². The van der Waals surface area contributed by atoms with Crippen molar-refractivity contribution in [1.29, 1.82) is 0 Å². The zero-order valence-electron chi connectivity index (χ0n) is 16.4. The molecule has 0 fully saturated rings. The lowest BCUT2D eigenvalue weighted by Gasteiger charge is -2.29. The summed E-state index contributed by atoms with van der Waals surface area (Å²) >= 11 is 6.03. The van der Waals surface area contributed by atoms with E-state index in [0.29, 0.717) is 5.75 Å². The van der Waals surface area contributed by atoms with Crippen LogP contribution in [0.25, 0.3) is 0 Å². The van der Waals surface area contributed by atoms with Crippen LogP contribution in [-0.2, 0) is 11.8 Å². The van der Waals surface area contributed by atoms with Crippen molar-refractivity contribution in [1.82, 2.24) is 0 Å². The first kappa shape index (κ1) is 20.4. The van der Waals surface area contributed by atoms with Gasteiger partial charge in [0.2, 0.25) is 0 Å². The van der Waals surface area contributed by atoms with Gasteiger partial charge >= 0.3 is 0 Å². The van der Waals surface area contributed by atoms with Gasteiger partial charge in [0.15, 0.2) is 11.6 Å². The molecule has 3 heteroatoms. The van der Waals surface area contributed by atoms with E-state index in [1.165, 1.54) is 11.6 Å². The maximum Gasteiger partial charge on any atom is 0.165 e. The molecule has 0 heterocycles. The van der Waals surface area contributed by atoms with Crippen molar-refractivity contribution in [3.05, 3.63) is 94.8 Å². The Kier molecular flexibility index (Phi) is 6.74. The van der Waals surface area contributed by atoms with Crippen LogP contribution >= 0.6 is 11.6 Å². The van der Waals surface area contributed by atoms with Gasteiger partial charge in [0.05, 0.1) is 0 Å². The molecule has 0 aliphatic rings. The first-order chi connectivity index (χ1) is 13.5. The lowest BCUT2D eigenvalue weighted by Crippen LogP contribution is -2.21. The highest BCUT2D eigenvalue weighted by Crippen LogP contribution is 2.34. The molecule has 1 atom stereocenters. The second-order valence-corrected chi connectivity index (χ2v) is 7.89. The molecule has 0 N–H and O–H groups in total. The number of benzene rings is 3. The highest BCUT2D eigenvalue weighted by atomic mass is 35.5. The number of rotatable bonds is 8. The maximum absolute atomic E-state index is 14.1. The second kappa shape index (κ2) is 9.25. The van der Waals surface area contributed by atoms with Crippen molar-refractivity contribution in [3.63, 3.8) is 0 Å². The molecule has 1 unspecified atom stereocenters. The molecule has 0 radical (unpaired) electrons. The van der Waals surface area contributed by atoms with Gasteiger partial charge in [-0.3, -0.25) is 0 Å². The van der Waals surface area contributed by atoms with E-state index < -0.39 is 0 Å². The molecule has 3 aromatic carbocycles. The molecule has 0 saturated heterocycles. The summed E-state index contributed by atoms with van der Waals surface area (Å²) in [6, 6.07) is 22.6.